The molecule has 0 bridgehead atoms. The quantitative estimate of drug-likeness (QED) is 0.808. The lowest BCUT2D eigenvalue weighted by Crippen LogP contribution is -2.29. The number of nitrogens with zero attached hydrogens (tertiary/aromatic N) is 1. The highest BCUT2D eigenvalue weighted by Gasteiger charge is 2.29. The van der Waals surface area contributed by atoms with Gasteiger partial charge in [-0.2, -0.15) is 0 Å². The molecular weight excluding hydrogens is 242 g/mol. The molecule has 0 N–H and O–H groups in total. The van der Waals surface area contributed by atoms with Gasteiger partial charge >= 0.3 is 0 Å². The number of hydrogen-bond donors (Lipinski definition) is 0. The average Bonchev–Trinajstić information content (AvgIpc) is 2.77. The molecule has 1 aliphatic heterocycles. The maximum Gasteiger partial charge on any atom is 0.223 e. The summed E-state index contributed by atoms with van der Waals surface area (Å²) in [5, 5.41) is 0.875. The van der Waals surface area contributed by atoms with E-state index in [9.17, 15) is 4.79 Å². The van der Waals surface area contributed by atoms with E-state index in [-0.39, 0.29) is 11.3 Å². The van der Waals surface area contributed by atoms with Crippen molar-refractivity contribution in [1.29, 1.82) is 0 Å². The highest BCUT2D eigenvalue weighted by atomic mass is 35.5. The van der Waals surface area contributed by atoms with Crippen molar-refractivity contribution in [2.24, 2.45) is 0 Å². The zero-order chi connectivity index (χ0) is 11.5. The second-order valence-electron chi connectivity index (χ2n) is 3.72. The molecule has 1 atom stereocenters. The minimum Gasteiger partial charge on any atom is -0.326 e. The second kappa shape index (κ2) is 5.11. The Hall–Kier alpha value is -0.670. The van der Waals surface area contributed by atoms with E-state index in [2.05, 4.69) is 0 Å². The van der Waals surface area contributed by atoms with Crippen LogP contribution in [-0.2, 0) is 4.79 Å². The molecule has 4 heteroatoms. The highest BCUT2D eigenvalue weighted by Crippen LogP contribution is 2.38. The van der Waals surface area contributed by atoms with Gasteiger partial charge in [0.25, 0.3) is 0 Å². The Morgan fingerprint density at radius 3 is 3.12 bits per heavy atom. The fourth-order valence-corrected chi connectivity index (χ4v) is 3.33. The number of rotatable bonds is 2. The van der Waals surface area contributed by atoms with Gasteiger partial charge in [-0.05, 0) is 17.7 Å². The molecule has 0 aliphatic carbocycles. The van der Waals surface area contributed by atoms with Crippen molar-refractivity contribution in [3.63, 3.8) is 0 Å². The van der Waals surface area contributed by atoms with E-state index >= 15 is 0 Å². The van der Waals surface area contributed by atoms with Crippen molar-refractivity contribution >= 4 is 29.3 Å². The molecule has 2 nitrogen and oxygen atoms in total. The molecule has 1 aliphatic rings. The maximum atomic E-state index is 11.8. The van der Waals surface area contributed by atoms with Crippen LogP contribution >= 0.6 is 23.4 Å². The van der Waals surface area contributed by atoms with Gasteiger partial charge in [0.05, 0.1) is 0 Å². The molecule has 0 spiro atoms. The smallest absolute Gasteiger partial charge is 0.223 e. The number of thioether (sulfide) groups is 1. The Labute approximate surface area is 105 Å². The summed E-state index contributed by atoms with van der Waals surface area (Å²) < 4.78 is 0. The third-order valence-corrected chi connectivity index (χ3v) is 4.14. The van der Waals surface area contributed by atoms with Crippen LogP contribution in [0.1, 0.15) is 24.3 Å². The van der Waals surface area contributed by atoms with Crippen molar-refractivity contribution in [2.75, 3.05) is 12.3 Å². The van der Waals surface area contributed by atoms with Crippen LogP contribution in [0.2, 0.25) is 5.02 Å². The van der Waals surface area contributed by atoms with Crippen molar-refractivity contribution < 1.29 is 4.79 Å². The van der Waals surface area contributed by atoms with Crippen molar-refractivity contribution in [2.45, 2.75) is 18.7 Å². The van der Waals surface area contributed by atoms with Gasteiger partial charge in [-0.1, -0.05) is 30.7 Å². The molecule has 1 fully saturated rings. The number of carbonyl (C=O) groups excluding carboxylic acids is 1. The van der Waals surface area contributed by atoms with Crippen LogP contribution < -0.4 is 0 Å². The summed E-state index contributed by atoms with van der Waals surface area (Å²) in [5.41, 5.74) is 1.12. The van der Waals surface area contributed by atoms with Crippen LogP contribution in [0, 0.1) is 0 Å². The molecule has 16 heavy (non-hydrogen) atoms. The molecule has 1 aromatic carbocycles. The maximum absolute atomic E-state index is 11.8. The molecule has 1 saturated heterocycles. The van der Waals surface area contributed by atoms with Crippen LogP contribution in [0.4, 0.5) is 0 Å². The predicted molar refractivity (Wildman–Crippen MR) is 68.7 cm³/mol. The van der Waals surface area contributed by atoms with Gasteiger partial charge < -0.3 is 4.90 Å². The monoisotopic (exact) mass is 255 g/mol. The van der Waals surface area contributed by atoms with Gasteiger partial charge in [0.15, 0.2) is 0 Å². The van der Waals surface area contributed by atoms with E-state index in [1.165, 1.54) is 0 Å². The molecule has 1 heterocycles. The van der Waals surface area contributed by atoms with Crippen molar-refractivity contribution in [1.82, 2.24) is 4.90 Å². The van der Waals surface area contributed by atoms with E-state index in [1.54, 1.807) is 11.8 Å². The standard InChI is InChI=1S/C12H14ClNOS/c1-2-11(15)14-6-7-16-12(14)9-4-3-5-10(13)8-9/h3-5,8,12H,2,6-7H2,1H3. The fourth-order valence-electron chi connectivity index (χ4n) is 1.86. The third kappa shape index (κ3) is 2.36. The van der Waals surface area contributed by atoms with Gasteiger partial charge in [0, 0.05) is 23.7 Å². The van der Waals surface area contributed by atoms with E-state index in [0.717, 1.165) is 22.9 Å². The van der Waals surface area contributed by atoms with Crippen LogP contribution in [0.3, 0.4) is 0 Å². The Balaban J connectivity index is 2.23. The molecule has 1 amide bonds. The Morgan fingerprint density at radius 2 is 2.44 bits per heavy atom. The number of carbonyl (C=O) groups is 1. The summed E-state index contributed by atoms with van der Waals surface area (Å²) in [6.45, 7) is 2.74. The van der Waals surface area contributed by atoms with E-state index < -0.39 is 0 Å². The van der Waals surface area contributed by atoms with Crippen LogP contribution in [0.5, 0.6) is 0 Å². The van der Waals surface area contributed by atoms with Crippen molar-refractivity contribution in [3.05, 3.63) is 34.9 Å². The highest BCUT2D eigenvalue weighted by molar-refractivity contribution is 7.99. The number of benzene rings is 1. The molecule has 0 aromatic heterocycles. The molecule has 86 valence electrons. The zero-order valence-electron chi connectivity index (χ0n) is 9.15. The van der Waals surface area contributed by atoms with Crippen molar-refractivity contribution in [3.8, 4) is 0 Å². The second-order valence-corrected chi connectivity index (χ2v) is 5.34. The summed E-state index contributed by atoms with van der Waals surface area (Å²) in [7, 11) is 0. The molecule has 0 radical (unpaired) electrons. The lowest BCUT2D eigenvalue weighted by Gasteiger charge is -2.23. The van der Waals surface area contributed by atoms with E-state index in [1.807, 2.05) is 36.1 Å². The Kier molecular flexibility index (Phi) is 3.77. The minimum atomic E-state index is 0.145. The summed E-state index contributed by atoms with van der Waals surface area (Å²) in [4.78, 5) is 13.7. The molecular formula is C12H14ClNOS. The SMILES string of the molecule is CCC(=O)N1CCSC1c1cccc(Cl)c1. The fraction of sp³-hybridized carbons (Fsp3) is 0.417. The molecule has 2 rings (SSSR count). The average molecular weight is 256 g/mol. The number of hydrogen-bond acceptors (Lipinski definition) is 2. The molecule has 1 aromatic rings. The van der Waals surface area contributed by atoms with Gasteiger partial charge in [0.1, 0.15) is 5.37 Å². The summed E-state index contributed by atoms with van der Waals surface area (Å²) in [6, 6.07) is 7.77. The first kappa shape index (κ1) is 11.8. The first-order chi connectivity index (χ1) is 7.72. The predicted octanol–water partition coefficient (Wildman–Crippen LogP) is 3.32. The van der Waals surface area contributed by atoms with Gasteiger partial charge in [0.2, 0.25) is 5.91 Å². The lowest BCUT2D eigenvalue weighted by atomic mass is 10.2. The largest absolute Gasteiger partial charge is 0.326 e. The lowest BCUT2D eigenvalue weighted by molar-refractivity contribution is -0.130. The summed E-state index contributed by atoms with van der Waals surface area (Å²) >= 11 is 7.77. The normalized spacial score (nSPS) is 20.1. The van der Waals surface area contributed by atoms with E-state index in [4.69, 9.17) is 11.6 Å². The van der Waals surface area contributed by atoms with Gasteiger partial charge in [-0.15, -0.1) is 11.8 Å². The van der Waals surface area contributed by atoms with Crippen LogP contribution in [0.15, 0.2) is 24.3 Å². The molecule has 0 saturated carbocycles. The Morgan fingerprint density at radius 1 is 1.62 bits per heavy atom. The zero-order valence-corrected chi connectivity index (χ0v) is 10.7. The number of halogens is 1. The van der Waals surface area contributed by atoms with Gasteiger partial charge in [-0.25, -0.2) is 0 Å². The first-order valence-corrected chi connectivity index (χ1v) is 6.81. The van der Waals surface area contributed by atoms with Gasteiger partial charge in [-0.3, -0.25) is 4.79 Å². The minimum absolute atomic E-state index is 0.145. The third-order valence-electron chi connectivity index (χ3n) is 2.65. The summed E-state index contributed by atoms with van der Waals surface area (Å²) in [5.74, 6) is 1.22. The van der Waals surface area contributed by atoms with Crippen LogP contribution in [-0.4, -0.2) is 23.1 Å². The van der Waals surface area contributed by atoms with E-state index in [0.29, 0.717) is 6.42 Å². The number of amides is 1. The summed E-state index contributed by atoms with van der Waals surface area (Å²) in [6.07, 6.45) is 0.567. The topological polar surface area (TPSA) is 20.3 Å². The van der Waals surface area contributed by atoms with Crippen LogP contribution in [0.25, 0.3) is 0 Å². The first-order valence-electron chi connectivity index (χ1n) is 5.39. The molecule has 1 unspecified atom stereocenters. The Bertz CT molecular complexity index is 396.